The molecule has 1 N–H and O–H groups in total. The molecular formula is C23H22N4O. The minimum absolute atomic E-state index is 0.0467. The molecule has 0 unspecified atom stereocenters. The highest BCUT2D eigenvalue weighted by molar-refractivity contribution is 6.09. The molecule has 3 rings (SSSR count). The van der Waals surface area contributed by atoms with E-state index in [4.69, 9.17) is 0 Å². The minimum atomic E-state index is -0.429. The number of nitrogens with zero attached hydrogens (tertiary/aromatic N) is 3. The standard InChI is InChI=1S/C23H22N4O/c1-17-6-8-19(9-7-17)25-23(28)18(16-24)15-22-5-4-14-27(22)21-12-10-20(11-13-21)26(2)3/h4-15H,1-3H3,(H,25,28)/b18-15-. The Hall–Kier alpha value is -3.78. The minimum Gasteiger partial charge on any atom is -0.378 e. The van der Waals surface area contributed by atoms with Gasteiger partial charge in [0.15, 0.2) is 0 Å². The molecule has 0 atom stereocenters. The van der Waals surface area contributed by atoms with Crippen LogP contribution in [0.1, 0.15) is 11.3 Å². The van der Waals surface area contributed by atoms with Crippen LogP contribution in [0.3, 0.4) is 0 Å². The topological polar surface area (TPSA) is 61.1 Å². The summed E-state index contributed by atoms with van der Waals surface area (Å²) in [4.78, 5) is 14.5. The Morgan fingerprint density at radius 2 is 1.75 bits per heavy atom. The highest BCUT2D eigenvalue weighted by Gasteiger charge is 2.11. The molecule has 0 radical (unpaired) electrons. The van der Waals surface area contributed by atoms with E-state index in [1.54, 1.807) is 6.08 Å². The molecule has 5 nitrogen and oxygen atoms in total. The van der Waals surface area contributed by atoms with Gasteiger partial charge in [-0.25, -0.2) is 0 Å². The van der Waals surface area contributed by atoms with E-state index in [-0.39, 0.29) is 5.57 Å². The van der Waals surface area contributed by atoms with Gasteiger partial charge in [0.1, 0.15) is 11.6 Å². The third-order valence-electron chi connectivity index (χ3n) is 4.39. The van der Waals surface area contributed by atoms with Gasteiger partial charge in [-0.1, -0.05) is 17.7 Å². The molecule has 0 aliphatic rings. The van der Waals surface area contributed by atoms with Crippen LogP contribution in [-0.2, 0) is 4.79 Å². The average molecular weight is 370 g/mol. The number of nitrogens with one attached hydrogen (secondary N) is 1. The zero-order valence-corrected chi connectivity index (χ0v) is 16.2. The molecule has 2 aromatic carbocycles. The summed E-state index contributed by atoms with van der Waals surface area (Å²) in [7, 11) is 3.98. The second-order valence-corrected chi connectivity index (χ2v) is 6.70. The van der Waals surface area contributed by atoms with Crippen LogP contribution in [0.15, 0.2) is 72.4 Å². The van der Waals surface area contributed by atoms with Crippen molar-refractivity contribution in [1.29, 1.82) is 5.26 Å². The van der Waals surface area contributed by atoms with Gasteiger partial charge in [0.25, 0.3) is 5.91 Å². The molecule has 0 aliphatic carbocycles. The van der Waals surface area contributed by atoms with Crippen molar-refractivity contribution in [3.8, 4) is 11.8 Å². The third-order valence-corrected chi connectivity index (χ3v) is 4.39. The first-order valence-corrected chi connectivity index (χ1v) is 8.93. The van der Waals surface area contributed by atoms with Crippen molar-refractivity contribution in [3.63, 3.8) is 0 Å². The molecule has 1 aromatic heterocycles. The first kappa shape index (κ1) is 19.0. The van der Waals surface area contributed by atoms with Crippen molar-refractivity contribution in [1.82, 2.24) is 4.57 Å². The Bertz CT molecular complexity index is 1040. The number of aryl methyl sites for hydroxylation is 1. The predicted molar refractivity (Wildman–Crippen MR) is 113 cm³/mol. The van der Waals surface area contributed by atoms with Crippen LogP contribution in [0.25, 0.3) is 11.8 Å². The third kappa shape index (κ3) is 4.30. The fraction of sp³-hybridized carbons (Fsp3) is 0.130. The number of rotatable bonds is 5. The maximum atomic E-state index is 12.5. The van der Waals surface area contributed by atoms with E-state index < -0.39 is 5.91 Å². The van der Waals surface area contributed by atoms with Crippen molar-refractivity contribution in [2.45, 2.75) is 6.92 Å². The summed E-state index contributed by atoms with van der Waals surface area (Å²) in [5, 5.41) is 12.2. The van der Waals surface area contributed by atoms with Crippen LogP contribution in [0, 0.1) is 18.3 Å². The van der Waals surface area contributed by atoms with Crippen molar-refractivity contribution >= 4 is 23.4 Å². The lowest BCUT2D eigenvalue weighted by Crippen LogP contribution is -2.13. The van der Waals surface area contributed by atoms with Crippen molar-refractivity contribution in [3.05, 3.63) is 83.7 Å². The molecular weight excluding hydrogens is 348 g/mol. The number of benzene rings is 2. The lowest BCUT2D eigenvalue weighted by atomic mass is 10.2. The monoisotopic (exact) mass is 370 g/mol. The molecule has 0 fully saturated rings. The van der Waals surface area contributed by atoms with Gasteiger partial charge in [-0.3, -0.25) is 4.79 Å². The molecule has 0 aliphatic heterocycles. The number of hydrogen-bond donors (Lipinski definition) is 1. The summed E-state index contributed by atoms with van der Waals surface area (Å²) < 4.78 is 1.94. The van der Waals surface area contributed by atoms with Crippen LogP contribution in [0.4, 0.5) is 11.4 Å². The second-order valence-electron chi connectivity index (χ2n) is 6.70. The van der Waals surface area contributed by atoms with E-state index in [1.807, 2.05) is 103 Å². The normalized spacial score (nSPS) is 11.0. The van der Waals surface area contributed by atoms with E-state index in [1.165, 1.54) is 0 Å². The first-order chi connectivity index (χ1) is 13.5. The molecule has 1 heterocycles. The number of amides is 1. The van der Waals surface area contributed by atoms with Crippen molar-refractivity contribution in [2.24, 2.45) is 0 Å². The Kier molecular flexibility index (Phi) is 5.61. The van der Waals surface area contributed by atoms with E-state index in [0.29, 0.717) is 5.69 Å². The Morgan fingerprint density at radius 3 is 2.36 bits per heavy atom. The predicted octanol–water partition coefficient (Wildman–Crippen LogP) is 4.40. The maximum Gasteiger partial charge on any atom is 0.266 e. The van der Waals surface area contributed by atoms with Crippen LogP contribution < -0.4 is 10.2 Å². The number of carbonyl (C=O) groups excluding carboxylic acids is 1. The molecule has 0 saturated heterocycles. The molecule has 5 heteroatoms. The Labute approximate surface area is 165 Å². The zero-order valence-electron chi connectivity index (χ0n) is 16.2. The first-order valence-electron chi connectivity index (χ1n) is 8.93. The van der Waals surface area contributed by atoms with Gasteiger partial charge < -0.3 is 14.8 Å². The molecule has 0 saturated carbocycles. The quantitative estimate of drug-likeness (QED) is 0.535. The van der Waals surface area contributed by atoms with Gasteiger partial charge >= 0.3 is 0 Å². The zero-order chi connectivity index (χ0) is 20.1. The largest absolute Gasteiger partial charge is 0.378 e. The number of carbonyl (C=O) groups is 1. The molecule has 1 amide bonds. The summed E-state index contributed by atoms with van der Waals surface area (Å²) in [5.41, 5.74) is 4.62. The van der Waals surface area contributed by atoms with E-state index in [2.05, 4.69) is 5.32 Å². The van der Waals surface area contributed by atoms with E-state index in [9.17, 15) is 10.1 Å². The Balaban J connectivity index is 1.85. The van der Waals surface area contributed by atoms with Crippen LogP contribution in [0.5, 0.6) is 0 Å². The summed E-state index contributed by atoms with van der Waals surface area (Å²) in [6.45, 7) is 1.98. The summed E-state index contributed by atoms with van der Waals surface area (Å²) in [5.74, 6) is -0.429. The SMILES string of the molecule is Cc1ccc(NC(=O)/C(C#N)=C\c2cccn2-c2ccc(N(C)C)cc2)cc1. The van der Waals surface area contributed by atoms with E-state index >= 15 is 0 Å². The maximum absolute atomic E-state index is 12.5. The van der Waals surface area contributed by atoms with Gasteiger partial charge in [-0.15, -0.1) is 0 Å². The number of hydrogen-bond acceptors (Lipinski definition) is 3. The highest BCUT2D eigenvalue weighted by atomic mass is 16.1. The smallest absolute Gasteiger partial charge is 0.266 e. The van der Waals surface area contributed by atoms with Crippen LogP contribution in [-0.4, -0.2) is 24.6 Å². The molecule has 28 heavy (non-hydrogen) atoms. The molecule has 140 valence electrons. The van der Waals surface area contributed by atoms with Crippen molar-refractivity contribution < 1.29 is 4.79 Å². The number of anilines is 2. The fourth-order valence-corrected chi connectivity index (χ4v) is 2.79. The van der Waals surface area contributed by atoms with Crippen LogP contribution in [0.2, 0.25) is 0 Å². The lowest BCUT2D eigenvalue weighted by molar-refractivity contribution is -0.112. The van der Waals surface area contributed by atoms with E-state index in [0.717, 1.165) is 22.6 Å². The molecule has 0 spiro atoms. The summed E-state index contributed by atoms with van der Waals surface area (Å²) in [6.07, 6.45) is 3.51. The van der Waals surface area contributed by atoms with Crippen LogP contribution >= 0.6 is 0 Å². The molecule has 3 aromatic rings. The fourth-order valence-electron chi connectivity index (χ4n) is 2.79. The second kappa shape index (κ2) is 8.28. The Morgan fingerprint density at radius 1 is 1.07 bits per heavy atom. The number of aromatic nitrogens is 1. The van der Waals surface area contributed by atoms with Gasteiger partial charge in [-0.05, 0) is 61.5 Å². The summed E-state index contributed by atoms with van der Waals surface area (Å²) in [6, 6.07) is 21.3. The van der Waals surface area contributed by atoms with Gasteiger partial charge in [0, 0.05) is 43.0 Å². The lowest BCUT2D eigenvalue weighted by Gasteiger charge is -2.14. The van der Waals surface area contributed by atoms with Gasteiger partial charge in [-0.2, -0.15) is 5.26 Å². The average Bonchev–Trinajstić information content (AvgIpc) is 3.16. The molecule has 0 bridgehead atoms. The van der Waals surface area contributed by atoms with Gasteiger partial charge in [0.2, 0.25) is 0 Å². The highest BCUT2D eigenvalue weighted by Crippen LogP contribution is 2.20. The number of nitriles is 1. The van der Waals surface area contributed by atoms with Gasteiger partial charge in [0.05, 0.1) is 0 Å². The summed E-state index contributed by atoms with van der Waals surface area (Å²) >= 11 is 0. The van der Waals surface area contributed by atoms with Crippen molar-refractivity contribution in [2.75, 3.05) is 24.3 Å².